The van der Waals surface area contributed by atoms with Gasteiger partial charge < -0.3 is 35.7 Å². The zero-order valence-corrected chi connectivity index (χ0v) is 24.0. The quantitative estimate of drug-likeness (QED) is 0.134. The van der Waals surface area contributed by atoms with Gasteiger partial charge in [-0.3, -0.25) is 14.4 Å². The molecule has 2 aliphatic heterocycles. The third-order valence-electron chi connectivity index (χ3n) is 8.49. The molecule has 0 radical (unpaired) electrons. The van der Waals surface area contributed by atoms with E-state index in [0.717, 1.165) is 22.7 Å². The summed E-state index contributed by atoms with van der Waals surface area (Å²) < 4.78 is 6.19. The Morgan fingerprint density at radius 2 is 1.70 bits per heavy atom. The van der Waals surface area contributed by atoms with Crippen LogP contribution in [-0.4, -0.2) is 43.6 Å². The summed E-state index contributed by atoms with van der Waals surface area (Å²) in [4.78, 5) is 44.5. The third-order valence-corrected chi connectivity index (χ3v) is 8.49. The molecular weight excluding hydrogens is 562 g/mol. The number of aromatic nitrogens is 1. The normalized spacial score (nSPS) is 19.7. The van der Waals surface area contributed by atoms with Crippen molar-refractivity contribution < 1.29 is 34.4 Å². The summed E-state index contributed by atoms with van der Waals surface area (Å²) in [7, 11) is 0. The molecule has 3 aliphatic rings. The van der Waals surface area contributed by atoms with Crippen LogP contribution in [0.4, 0.5) is 0 Å². The number of aryl methyl sites for hydroxylation is 1. The molecule has 1 spiro atoms. The van der Waals surface area contributed by atoms with Gasteiger partial charge in [-0.05, 0) is 48.4 Å². The molecule has 1 unspecified atom stereocenters. The number of rotatable bonds is 3. The number of para-hydroxylation sites is 1. The Morgan fingerprint density at radius 3 is 2.45 bits per heavy atom. The van der Waals surface area contributed by atoms with Gasteiger partial charge in [-0.1, -0.05) is 38.1 Å². The first-order valence-corrected chi connectivity index (χ1v) is 13.9. The van der Waals surface area contributed by atoms with Crippen LogP contribution in [0.25, 0.3) is 22.6 Å². The van der Waals surface area contributed by atoms with Gasteiger partial charge in [0.15, 0.2) is 0 Å². The highest BCUT2D eigenvalue weighted by molar-refractivity contribution is 6.23. The van der Waals surface area contributed by atoms with E-state index in [1.54, 1.807) is 19.1 Å². The second kappa shape index (κ2) is 8.87. The standard InChI is InChI=1S/C34H27N3O7/c1-5-33(3,4)30-19(17-8-6-7-9-21(17)35-30)13-22-31(42)37-34(32(43)36-22)14-20-18-11-16(38)12-24(40)25(18)28(41)27-23(39)10-15(2)29(44-34)26(20)27/h5-14,35,38-40H,1H2,2-4H3,(H,36,43)(H,37,42)/b22-13-. The first-order chi connectivity index (χ1) is 20.8. The van der Waals surface area contributed by atoms with Crippen LogP contribution in [0.2, 0.25) is 0 Å². The van der Waals surface area contributed by atoms with E-state index in [1.807, 2.05) is 38.1 Å². The van der Waals surface area contributed by atoms with E-state index in [9.17, 15) is 29.7 Å². The average molecular weight is 590 g/mol. The monoisotopic (exact) mass is 589 g/mol. The molecule has 0 saturated carbocycles. The topological polar surface area (TPSA) is 161 Å². The van der Waals surface area contributed by atoms with Crippen molar-refractivity contribution >= 4 is 40.1 Å². The van der Waals surface area contributed by atoms with E-state index in [2.05, 4.69) is 22.2 Å². The second-order valence-electron chi connectivity index (χ2n) is 11.8. The number of allylic oxidation sites excluding steroid dienone is 1. The van der Waals surface area contributed by atoms with Crippen molar-refractivity contribution in [1.29, 1.82) is 0 Å². The van der Waals surface area contributed by atoms with Gasteiger partial charge in [-0.25, -0.2) is 0 Å². The fourth-order valence-corrected chi connectivity index (χ4v) is 6.17. The number of aromatic amines is 1. The minimum absolute atomic E-state index is 0.0167. The highest BCUT2D eigenvalue weighted by Gasteiger charge is 2.51. The molecule has 220 valence electrons. The maximum atomic E-state index is 13.9. The molecule has 1 atom stereocenters. The maximum absolute atomic E-state index is 13.9. The lowest BCUT2D eigenvalue weighted by atomic mass is 9.76. The first-order valence-electron chi connectivity index (χ1n) is 13.9. The smallest absolute Gasteiger partial charge is 0.294 e. The Morgan fingerprint density at radius 1 is 0.977 bits per heavy atom. The van der Waals surface area contributed by atoms with Crippen LogP contribution in [-0.2, 0) is 15.0 Å². The number of phenolic OH excluding ortho intramolecular Hbond substituents is 3. The Balaban J connectivity index is 1.38. The number of hydrogen-bond acceptors (Lipinski definition) is 7. The predicted molar refractivity (Wildman–Crippen MR) is 162 cm³/mol. The van der Waals surface area contributed by atoms with E-state index in [4.69, 9.17) is 4.74 Å². The fraction of sp³-hybridized carbons (Fsp3) is 0.147. The van der Waals surface area contributed by atoms with Gasteiger partial charge in [-0.2, -0.15) is 0 Å². The molecule has 0 bridgehead atoms. The number of fused-ring (bicyclic) bond motifs is 3. The van der Waals surface area contributed by atoms with E-state index >= 15 is 0 Å². The molecule has 10 nitrogen and oxygen atoms in total. The van der Waals surface area contributed by atoms with Crippen LogP contribution >= 0.6 is 0 Å². The van der Waals surface area contributed by atoms with Gasteiger partial charge in [0.05, 0.1) is 11.1 Å². The number of carbonyl (C=O) groups is 3. The van der Waals surface area contributed by atoms with Crippen molar-refractivity contribution in [1.82, 2.24) is 15.6 Å². The number of piperazine rings is 1. The predicted octanol–water partition coefficient (Wildman–Crippen LogP) is 4.41. The third kappa shape index (κ3) is 3.63. The Labute approximate surface area is 251 Å². The summed E-state index contributed by atoms with van der Waals surface area (Å²) in [5.41, 5.74) is 0.431. The summed E-state index contributed by atoms with van der Waals surface area (Å²) in [6.07, 6.45) is 4.73. The SMILES string of the molecule is C=CC(C)(C)c1[nH]c2ccccc2c1/C=C1\NC(=O)C2(C=C3c4cc(O)cc(O)c4C(=O)c4c(O)cc(C)c(c43)O2)NC1=O. The van der Waals surface area contributed by atoms with Gasteiger partial charge in [0, 0.05) is 44.8 Å². The number of phenols is 3. The van der Waals surface area contributed by atoms with E-state index < -0.39 is 34.5 Å². The number of aromatic hydroxyl groups is 3. The first kappa shape index (κ1) is 27.1. The molecule has 4 aromatic rings. The molecule has 6 N–H and O–H groups in total. The van der Waals surface area contributed by atoms with Crippen molar-refractivity contribution in [3.05, 3.63) is 106 Å². The second-order valence-corrected chi connectivity index (χ2v) is 11.8. The van der Waals surface area contributed by atoms with Crippen molar-refractivity contribution in [2.24, 2.45) is 0 Å². The van der Waals surface area contributed by atoms with Gasteiger partial charge in [0.1, 0.15) is 28.7 Å². The summed E-state index contributed by atoms with van der Waals surface area (Å²) in [5, 5.41) is 37.9. The lowest BCUT2D eigenvalue weighted by Gasteiger charge is -2.41. The number of carbonyl (C=O) groups excluding carboxylic acids is 3. The largest absolute Gasteiger partial charge is 0.508 e. The number of nitrogens with one attached hydrogen (secondary N) is 3. The van der Waals surface area contributed by atoms with Gasteiger partial charge >= 0.3 is 0 Å². The Kier molecular flexibility index (Phi) is 5.46. The highest BCUT2D eigenvalue weighted by Crippen LogP contribution is 2.52. The van der Waals surface area contributed by atoms with Crippen LogP contribution < -0.4 is 15.4 Å². The molecule has 1 aliphatic carbocycles. The Hall–Kier alpha value is -5.77. The van der Waals surface area contributed by atoms with Crippen LogP contribution in [0.15, 0.2) is 66.9 Å². The maximum Gasteiger partial charge on any atom is 0.294 e. The molecule has 44 heavy (non-hydrogen) atoms. The molecule has 1 aromatic heterocycles. The van der Waals surface area contributed by atoms with Crippen molar-refractivity contribution in [3.8, 4) is 23.0 Å². The molecule has 1 saturated heterocycles. The molecule has 2 amide bonds. The fourth-order valence-electron chi connectivity index (χ4n) is 6.17. The van der Waals surface area contributed by atoms with E-state index in [1.165, 1.54) is 18.2 Å². The zero-order valence-electron chi connectivity index (χ0n) is 24.0. The lowest BCUT2D eigenvalue weighted by molar-refractivity contribution is -0.144. The molecule has 7 rings (SSSR count). The number of amides is 2. The summed E-state index contributed by atoms with van der Waals surface area (Å²) in [5.74, 6) is -3.11. The van der Waals surface area contributed by atoms with Crippen LogP contribution in [0.1, 0.15) is 57.7 Å². The zero-order chi connectivity index (χ0) is 31.3. The molecule has 3 heterocycles. The number of ether oxygens (including phenoxy) is 1. The van der Waals surface area contributed by atoms with Gasteiger partial charge in [0.25, 0.3) is 17.5 Å². The number of H-pyrrole nitrogens is 1. The summed E-state index contributed by atoms with van der Waals surface area (Å²) in [6.45, 7) is 9.55. The van der Waals surface area contributed by atoms with Gasteiger partial charge in [-0.15, -0.1) is 6.58 Å². The molecular formula is C34H27N3O7. The van der Waals surface area contributed by atoms with Crippen molar-refractivity contribution in [3.63, 3.8) is 0 Å². The summed E-state index contributed by atoms with van der Waals surface area (Å²) >= 11 is 0. The minimum atomic E-state index is -2.06. The summed E-state index contributed by atoms with van der Waals surface area (Å²) in [6, 6.07) is 11.2. The number of ketones is 1. The van der Waals surface area contributed by atoms with Crippen LogP contribution in [0.5, 0.6) is 23.0 Å². The molecule has 1 fully saturated rings. The minimum Gasteiger partial charge on any atom is -0.508 e. The molecule has 10 heteroatoms. The van der Waals surface area contributed by atoms with Crippen molar-refractivity contribution in [2.45, 2.75) is 31.9 Å². The van der Waals surface area contributed by atoms with Crippen LogP contribution in [0, 0.1) is 6.92 Å². The lowest BCUT2D eigenvalue weighted by Crippen LogP contribution is -2.67. The molecule has 3 aromatic carbocycles. The van der Waals surface area contributed by atoms with E-state index in [0.29, 0.717) is 11.1 Å². The average Bonchev–Trinajstić information content (AvgIpc) is 3.34. The van der Waals surface area contributed by atoms with Crippen LogP contribution in [0.3, 0.4) is 0 Å². The Bertz CT molecular complexity index is 2100. The van der Waals surface area contributed by atoms with E-state index in [-0.39, 0.29) is 50.8 Å². The van der Waals surface area contributed by atoms with Gasteiger partial charge in [0.2, 0.25) is 5.78 Å². The highest BCUT2D eigenvalue weighted by atomic mass is 16.5. The van der Waals surface area contributed by atoms with Crippen molar-refractivity contribution in [2.75, 3.05) is 0 Å². The number of hydrogen-bond donors (Lipinski definition) is 6. The number of benzene rings is 3.